The van der Waals surface area contributed by atoms with E-state index >= 15 is 0 Å². The van der Waals surface area contributed by atoms with E-state index in [1.807, 2.05) is 0 Å². The van der Waals surface area contributed by atoms with Crippen LogP contribution < -0.4 is 10.9 Å². The van der Waals surface area contributed by atoms with Gasteiger partial charge in [0.05, 0.1) is 25.9 Å². The number of nitrogens with one attached hydrogen (secondary N) is 2. The first kappa shape index (κ1) is 24.0. The van der Waals surface area contributed by atoms with Crippen molar-refractivity contribution in [3.63, 3.8) is 0 Å². The van der Waals surface area contributed by atoms with Crippen molar-refractivity contribution in [3.05, 3.63) is 23.0 Å². The molecule has 13 nitrogen and oxygen atoms in total. The van der Waals surface area contributed by atoms with E-state index in [0.29, 0.717) is 5.65 Å². The highest BCUT2D eigenvalue weighted by Gasteiger charge is 2.56. The first-order valence-electron chi connectivity index (χ1n) is 10.7. The molecule has 2 fully saturated rings. The predicted octanol–water partition coefficient (Wildman–Crippen LogP) is 0.919. The standard InChI is InChI=1S/C19H28N5O8P/c1-5-28-33(27,29-6-2)8-12(25)20-7-11-14-15(32-19(3,4)31-14)18(30-11)24-10-23-13-16(24)21-9-22-17(13)26/h9-11,14-15,18H,5-8H2,1-4H3,(H,20,25)(H,21,22,26)/t11-,14-,15-,18-/m1/s1. The van der Waals surface area contributed by atoms with Crippen molar-refractivity contribution in [1.82, 2.24) is 24.8 Å². The largest absolute Gasteiger partial charge is 0.353 e. The molecule has 2 aromatic heterocycles. The van der Waals surface area contributed by atoms with Gasteiger partial charge in [-0.1, -0.05) is 0 Å². The third kappa shape index (κ3) is 4.88. The van der Waals surface area contributed by atoms with E-state index in [9.17, 15) is 14.2 Å². The molecule has 0 aliphatic carbocycles. The molecule has 0 radical (unpaired) electrons. The Morgan fingerprint density at radius 1 is 1.24 bits per heavy atom. The minimum atomic E-state index is -3.53. The summed E-state index contributed by atoms with van der Waals surface area (Å²) in [6.07, 6.45) is 0.0527. The lowest BCUT2D eigenvalue weighted by Crippen LogP contribution is -2.40. The SMILES string of the molecule is CCOP(=O)(CC(=O)NC[C@H]1O[C@@H](n2cnc3c(=O)[nH]cnc32)[C@@H]2OC(C)(C)O[C@@H]21)OCC. The Balaban J connectivity index is 1.50. The zero-order valence-electron chi connectivity index (χ0n) is 18.8. The van der Waals surface area contributed by atoms with E-state index in [1.54, 1.807) is 32.3 Å². The minimum Gasteiger partial charge on any atom is -0.353 e. The van der Waals surface area contributed by atoms with Gasteiger partial charge in [-0.3, -0.25) is 18.7 Å². The summed E-state index contributed by atoms with van der Waals surface area (Å²) in [6, 6.07) is 0. The van der Waals surface area contributed by atoms with Crippen molar-refractivity contribution in [3.8, 4) is 0 Å². The molecule has 2 aromatic rings. The lowest BCUT2D eigenvalue weighted by atomic mass is 10.1. The Bertz CT molecular complexity index is 1110. The zero-order chi connectivity index (χ0) is 23.8. The average Bonchev–Trinajstić information content (AvgIpc) is 3.38. The van der Waals surface area contributed by atoms with Gasteiger partial charge < -0.3 is 33.6 Å². The predicted molar refractivity (Wildman–Crippen MR) is 115 cm³/mol. The Morgan fingerprint density at radius 3 is 2.64 bits per heavy atom. The van der Waals surface area contributed by atoms with Crippen molar-refractivity contribution in [2.75, 3.05) is 25.9 Å². The van der Waals surface area contributed by atoms with Crippen LogP contribution in [0.2, 0.25) is 0 Å². The molecule has 4 atom stereocenters. The molecule has 33 heavy (non-hydrogen) atoms. The molecule has 14 heteroatoms. The van der Waals surface area contributed by atoms with Crippen molar-refractivity contribution < 1.29 is 32.6 Å². The number of hydrogen-bond donors (Lipinski definition) is 2. The molecule has 0 saturated carbocycles. The van der Waals surface area contributed by atoms with E-state index in [2.05, 4.69) is 20.3 Å². The fourth-order valence-corrected chi connectivity index (χ4v) is 5.57. The Kier molecular flexibility index (Phi) is 6.72. The number of carbonyl (C=O) groups is 1. The maximum absolute atomic E-state index is 12.6. The van der Waals surface area contributed by atoms with Gasteiger partial charge in [-0.2, -0.15) is 0 Å². The number of hydrogen-bond acceptors (Lipinski definition) is 10. The topological polar surface area (TPSA) is 156 Å². The van der Waals surface area contributed by atoms with Crippen LogP contribution in [-0.4, -0.2) is 75.4 Å². The highest BCUT2D eigenvalue weighted by atomic mass is 31.2. The molecule has 2 aliphatic rings. The maximum Gasteiger partial charge on any atom is 0.340 e. The van der Waals surface area contributed by atoms with E-state index in [1.165, 1.54) is 12.7 Å². The Labute approximate surface area is 189 Å². The number of carbonyl (C=O) groups excluding carboxylic acids is 1. The molecule has 4 rings (SSSR count). The lowest BCUT2D eigenvalue weighted by Gasteiger charge is -2.25. The second kappa shape index (κ2) is 9.24. The molecule has 0 aromatic carbocycles. The molecular formula is C19H28N5O8P. The molecule has 0 unspecified atom stereocenters. The lowest BCUT2D eigenvalue weighted by molar-refractivity contribution is -0.195. The number of rotatable bonds is 9. The number of aromatic amines is 1. The number of ether oxygens (including phenoxy) is 3. The summed E-state index contributed by atoms with van der Waals surface area (Å²) in [5.41, 5.74) is 0.152. The van der Waals surface area contributed by atoms with Crippen LogP contribution in [0.5, 0.6) is 0 Å². The van der Waals surface area contributed by atoms with Crippen molar-refractivity contribution >= 4 is 24.7 Å². The van der Waals surface area contributed by atoms with Crippen LogP contribution in [0.25, 0.3) is 11.2 Å². The van der Waals surface area contributed by atoms with Crippen molar-refractivity contribution in [1.29, 1.82) is 0 Å². The van der Waals surface area contributed by atoms with Crippen molar-refractivity contribution in [2.45, 2.75) is 58.0 Å². The maximum atomic E-state index is 12.6. The number of nitrogens with zero attached hydrogens (tertiary/aromatic N) is 3. The molecule has 2 saturated heterocycles. The molecule has 1 amide bonds. The van der Waals surface area contributed by atoms with Crippen LogP contribution in [0, 0.1) is 0 Å². The third-order valence-corrected chi connectivity index (χ3v) is 7.23. The minimum absolute atomic E-state index is 0.0782. The normalized spacial score (nSPS) is 26.5. The van der Waals surface area contributed by atoms with Gasteiger partial charge in [0.25, 0.3) is 5.56 Å². The smallest absolute Gasteiger partial charge is 0.340 e. The number of H-pyrrole nitrogens is 1. The van der Waals surface area contributed by atoms with Crippen molar-refractivity contribution in [2.24, 2.45) is 0 Å². The third-order valence-electron chi connectivity index (χ3n) is 5.25. The zero-order valence-corrected chi connectivity index (χ0v) is 19.7. The van der Waals surface area contributed by atoms with Gasteiger partial charge in [-0.15, -0.1) is 0 Å². The number of aromatic nitrogens is 4. The van der Waals surface area contributed by atoms with Crippen LogP contribution in [0.3, 0.4) is 0 Å². The van der Waals surface area contributed by atoms with E-state index in [0.717, 1.165) is 0 Å². The molecule has 4 heterocycles. The Morgan fingerprint density at radius 2 is 1.94 bits per heavy atom. The Hall–Kier alpha value is -2.15. The molecule has 0 spiro atoms. The van der Waals surface area contributed by atoms with Gasteiger partial charge in [0.1, 0.15) is 24.5 Å². The fraction of sp³-hybridized carbons (Fsp3) is 0.684. The molecule has 0 bridgehead atoms. The summed E-state index contributed by atoms with van der Waals surface area (Å²) in [5.74, 6) is -1.37. The number of fused-ring (bicyclic) bond motifs is 2. The monoisotopic (exact) mass is 485 g/mol. The summed E-state index contributed by atoms with van der Waals surface area (Å²) in [4.78, 5) is 35.3. The van der Waals surface area contributed by atoms with Crippen LogP contribution in [0.1, 0.15) is 33.9 Å². The van der Waals surface area contributed by atoms with Gasteiger partial charge in [0, 0.05) is 6.54 Å². The number of amides is 1. The van der Waals surface area contributed by atoms with Gasteiger partial charge >= 0.3 is 7.60 Å². The second-order valence-electron chi connectivity index (χ2n) is 8.09. The van der Waals surface area contributed by atoms with Crippen LogP contribution >= 0.6 is 7.60 Å². The summed E-state index contributed by atoms with van der Waals surface area (Å²) in [5, 5.41) is 2.72. The summed E-state index contributed by atoms with van der Waals surface area (Å²) in [6.45, 7) is 7.33. The van der Waals surface area contributed by atoms with Crippen LogP contribution in [0.4, 0.5) is 0 Å². The first-order chi connectivity index (χ1) is 15.7. The van der Waals surface area contributed by atoms with Crippen LogP contribution in [-0.2, 0) is 32.6 Å². The fourth-order valence-electron chi connectivity index (χ4n) is 4.06. The average molecular weight is 485 g/mol. The van der Waals surface area contributed by atoms with Gasteiger partial charge in [-0.25, -0.2) is 9.97 Å². The van der Waals surface area contributed by atoms with Gasteiger partial charge in [0.15, 0.2) is 23.2 Å². The molecule has 2 aliphatic heterocycles. The molecular weight excluding hydrogens is 457 g/mol. The highest BCUT2D eigenvalue weighted by molar-refractivity contribution is 7.54. The van der Waals surface area contributed by atoms with Gasteiger partial charge in [-0.05, 0) is 27.7 Å². The van der Waals surface area contributed by atoms with E-state index in [-0.39, 0.29) is 30.8 Å². The van der Waals surface area contributed by atoms with Crippen LogP contribution in [0.15, 0.2) is 17.4 Å². The summed E-state index contributed by atoms with van der Waals surface area (Å²) >= 11 is 0. The highest BCUT2D eigenvalue weighted by Crippen LogP contribution is 2.47. The van der Waals surface area contributed by atoms with Gasteiger partial charge in [0.2, 0.25) is 5.91 Å². The molecule has 2 N–H and O–H groups in total. The summed E-state index contributed by atoms with van der Waals surface area (Å²) in [7, 11) is -3.53. The second-order valence-corrected chi connectivity index (χ2v) is 10.1. The van der Waals surface area contributed by atoms with E-state index in [4.69, 9.17) is 23.3 Å². The number of imidazole rings is 1. The molecule has 182 valence electrons. The van der Waals surface area contributed by atoms with E-state index < -0.39 is 50.0 Å². The summed E-state index contributed by atoms with van der Waals surface area (Å²) < 4.78 is 42.9. The first-order valence-corrected chi connectivity index (χ1v) is 12.5. The quantitative estimate of drug-likeness (QED) is 0.490.